The molecule has 0 unspecified atom stereocenters. The zero-order chi connectivity index (χ0) is 14.3. The van der Waals surface area contributed by atoms with E-state index in [9.17, 15) is 9.59 Å². The van der Waals surface area contributed by atoms with Gasteiger partial charge in [0.25, 0.3) is 0 Å². The summed E-state index contributed by atoms with van der Waals surface area (Å²) in [5, 5.41) is 0. The van der Waals surface area contributed by atoms with Crippen molar-refractivity contribution in [1.82, 2.24) is 0 Å². The van der Waals surface area contributed by atoms with Crippen LogP contribution in [0.3, 0.4) is 0 Å². The van der Waals surface area contributed by atoms with E-state index in [1.54, 1.807) is 18.2 Å². The third-order valence-corrected chi connectivity index (χ3v) is 2.74. The minimum absolute atomic E-state index is 0.0619. The summed E-state index contributed by atoms with van der Waals surface area (Å²) in [7, 11) is 4.38. The van der Waals surface area contributed by atoms with Crippen LogP contribution in [0.5, 0.6) is 11.5 Å². The van der Waals surface area contributed by atoms with Crippen molar-refractivity contribution < 1.29 is 23.8 Å². The second-order valence-corrected chi connectivity index (χ2v) is 3.93. The standard InChI is InChI=1S/C14H18O5/c1-17-12-5-4-6-13(18-2)11(12)9-10(15)7-8-14(16)19-3/h4-6H,7-9H2,1-3H3. The van der Waals surface area contributed by atoms with Crippen LogP contribution in [0.4, 0.5) is 0 Å². The minimum Gasteiger partial charge on any atom is -0.496 e. The van der Waals surface area contributed by atoms with Gasteiger partial charge in [0.05, 0.1) is 27.8 Å². The van der Waals surface area contributed by atoms with Gasteiger partial charge in [-0.25, -0.2) is 0 Å². The SMILES string of the molecule is COC(=O)CCC(=O)Cc1c(OC)cccc1OC. The van der Waals surface area contributed by atoms with Gasteiger partial charge < -0.3 is 14.2 Å². The Balaban J connectivity index is 2.75. The Labute approximate surface area is 112 Å². The number of carbonyl (C=O) groups is 2. The number of hydrogen-bond donors (Lipinski definition) is 0. The van der Waals surface area contributed by atoms with Crippen LogP contribution in [-0.4, -0.2) is 33.1 Å². The fourth-order valence-electron chi connectivity index (χ4n) is 1.73. The number of rotatable bonds is 7. The van der Waals surface area contributed by atoms with Gasteiger partial charge in [0, 0.05) is 18.4 Å². The van der Waals surface area contributed by atoms with Crippen molar-refractivity contribution in [1.29, 1.82) is 0 Å². The highest BCUT2D eigenvalue weighted by molar-refractivity contribution is 5.85. The van der Waals surface area contributed by atoms with E-state index in [0.29, 0.717) is 17.1 Å². The molecule has 0 aliphatic heterocycles. The van der Waals surface area contributed by atoms with Gasteiger partial charge >= 0.3 is 5.97 Å². The van der Waals surface area contributed by atoms with Gasteiger partial charge in [-0.3, -0.25) is 9.59 Å². The molecule has 104 valence electrons. The quantitative estimate of drug-likeness (QED) is 0.704. The van der Waals surface area contributed by atoms with Crippen LogP contribution in [0.2, 0.25) is 0 Å². The average Bonchev–Trinajstić information content (AvgIpc) is 2.44. The molecule has 1 rings (SSSR count). The van der Waals surface area contributed by atoms with E-state index in [-0.39, 0.29) is 31.0 Å². The number of hydrogen-bond acceptors (Lipinski definition) is 5. The van der Waals surface area contributed by atoms with Gasteiger partial charge in [0.2, 0.25) is 0 Å². The lowest BCUT2D eigenvalue weighted by molar-refractivity contribution is -0.141. The van der Waals surface area contributed by atoms with E-state index in [2.05, 4.69) is 4.74 Å². The molecule has 0 N–H and O–H groups in total. The largest absolute Gasteiger partial charge is 0.496 e. The molecule has 0 fully saturated rings. The van der Waals surface area contributed by atoms with Crippen LogP contribution < -0.4 is 9.47 Å². The molecule has 0 aromatic heterocycles. The van der Waals surface area contributed by atoms with Gasteiger partial charge in [0.15, 0.2) is 0 Å². The summed E-state index contributed by atoms with van der Waals surface area (Å²) in [4.78, 5) is 22.8. The number of methoxy groups -OCH3 is 3. The molecule has 0 heterocycles. The van der Waals surface area contributed by atoms with Crippen molar-refractivity contribution in [3.05, 3.63) is 23.8 Å². The molecule has 0 radical (unpaired) electrons. The summed E-state index contributed by atoms with van der Waals surface area (Å²) in [6, 6.07) is 5.33. The minimum atomic E-state index is -0.389. The third-order valence-electron chi connectivity index (χ3n) is 2.74. The fourth-order valence-corrected chi connectivity index (χ4v) is 1.73. The molecule has 0 amide bonds. The first-order chi connectivity index (χ1) is 9.12. The number of ether oxygens (including phenoxy) is 3. The Morgan fingerprint density at radius 2 is 1.58 bits per heavy atom. The summed E-state index contributed by atoms with van der Waals surface area (Å²) in [6.07, 6.45) is 0.408. The lowest BCUT2D eigenvalue weighted by atomic mass is 10.0. The van der Waals surface area contributed by atoms with Gasteiger partial charge in [0.1, 0.15) is 17.3 Å². The topological polar surface area (TPSA) is 61.8 Å². The first kappa shape index (κ1) is 15.0. The molecule has 5 heteroatoms. The molecule has 19 heavy (non-hydrogen) atoms. The van der Waals surface area contributed by atoms with Crippen LogP contribution in [-0.2, 0) is 20.7 Å². The molecule has 0 aliphatic rings. The van der Waals surface area contributed by atoms with E-state index in [1.807, 2.05) is 0 Å². The number of esters is 1. The Hall–Kier alpha value is -2.04. The second kappa shape index (κ2) is 7.41. The Bertz CT molecular complexity index is 431. The van der Waals surface area contributed by atoms with Crippen molar-refractivity contribution in [2.24, 2.45) is 0 Å². The average molecular weight is 266 g/mol. The number of Topliss-reactive ketones (excluding diaryl/α,β-unsaturated/α-hetero) is 1. The molecular formula is C14H18O5. The van der Waals surface area contributed by atoms with Crippen LogP contribution in [0.1, 0.15) is 18.4 Å². The molecule has 0 spiro atoms. The normalized spacial score (nSPS) is 9.84. The lowest BCUT2D eigenvalue weighted by Gasteiger charge is -2.12. The predicted octanol–water partition coefficient (Wildman–Crippen LogP) is 1.77. The smallest absolute Gasteiger partial charge is 0.305 e. The predicted molar refractivity (Wildman–Crippen MR) is 69.5 cm³/mol. The van der Waals surface area contributed by atoms with Crippen molar-refractivity contribution >= 4 is 11.8 Å². The van der Waals surface area contributed by atoms with Gasteiger partial charge in [-0.15, -0.1) is 0 Å². The summed E-state index contributed by atoms with van der Waals surface area (Å²) in [5.74, 6) is 0.755. The van der Waals surface area contributed by atoms with Crippen LogP contribution in [0.15, 0.2) is 18.2 Å². The van der Waals surface area contributed by atoms with E-state index in [1.165, 1.54) is 21.3 Å². The molecule has 0 aliphatic carbocycles. The molecule has 1 aromatic carbocycles. The number of ketones is 1. The molecule has 0 bridgehead atoms. The highest BCUT2D eigenvalue weighted by Gasteiger charge is 2.15. The Morgan fingerprint density at radius 3 is 2.05 bits per heavy atom. The monoisotopic (exact) mass is 266 g/mol. The summed E-state index contributed by atoms with van der Waals surface area (Å²) in [6.45, 7) is 0. The van der Waals surface area contributed by atoms with Gasteiger partial charge in [-0.05, 0) is 12.1 Å². The highest BCUT2D eigenvalue weighted by atomic mass is 16.5. The summed E-state index contributed by atoms with van der Waals surface area (Å²) in [5.41, 5.74) is 0.697. The fraction of sp³-hybridized carbons (Fsp3) is 0.429. The van der Waals surface area contributed by atoms with Crippen LogP contribution in [0, 0.1) is 0 Å². The van der Waals surface area contributed by atoms with Gasteiger partial charge in [-0.1, -0.05) is 6.07 Å². The van der Waals surface area contributed by atoms with Crippen molar-refractivity contribution in [3.8, 4) is 11.5 Å². The first-order valence-corrected chi connectivity index (χ1v) is 5.90. The molecule has 0 saturated heterocycles. The third kappa shape index (κ3) is 4.28. The molecular weight excluding hydrogens is 248 g/mol. The zero-order valence-corrected chi connectivity index (χ0v) is 11.4. The summed E-state index contributed by atoms with van der Waals surface area (Å²) >= 11 is 0. The molecule has 0 atom stereocenters. The maximum atomic E-state index is 11.9. The van der Waals surface area contributed by atoms with Crippen LogP contribution in [0.25, 0.3) is 0 Å². The van der Waals surface area contributed by atoms with Gasteiger partial charge in [-0.2, -0.15) is 0 Å². The molecule has 1 aromatic rings. The van der Waals surface area contributed by atoms with E-state index < -0.39 is 0 Å². The molecule has 5 nitrogen and oxygen atoms in total. The Kier molecular flexibility index (Phi) is 5.85. The maximum Gasteiger partial charge on any atom is 0.305 e. The van der Waals surface area contributed by atoms with Crippen molar-refractivity contribution in [2.75, 3.05) is 21.3 Å². The Morgan fingerprint density at radius 1 is 1.00 bits per heavy atom. The van der Waals surface area contributed by atoms with Crippen molar-refractivity contribution in [3.63, 3.8) is 0 Å². The van der Waals surface area contributed by atoms with E-state index in [0.717, 1.165) is 0 Å². The summed E-state index contributed by atoms with van der Waals surface area (Å²) < 4.78 is 14.9. The van der Waals surface area contributed by atoms with E-state index in [4.69, 9.17) is 9.47 Å². The molecule has 0 saturated carbocycles. The zero-order valence-electron chi connectivity index (χ0n) is 11.4. The second-order valence-electron chi connectivity index (χ2n) is 3.93. The number of benzene rings is 1. The van der Waals surface area contributed by atoms with Crippen LogP contribution >= 0.6 is 0 Å². The maximum absolute atomic E-state index is 11.9. The van der Waals surface area contributed by atoms with E-state index >= 15 is 0 Å². The van der Waals surface area contributed by atoms with Crippen molar-refractivity contribution in [2.45, 2.75) is 19.3 Å². The lowest BCUT2D eigenvalue weighted by Crippen LogP contribution is -2.09. The first-order valence-electron chi connectivity index (χ1n) is 5.90. The highest BCUT2D eigenvalue weighted by Crippen LogP contribution is 2.29. The number of carbonyl (C=O) groups excluding carboxylic acids is 2.